The molecule has 0 unspecified atom stereocenters. The number of hydrazone groups is 1. The zero-order valence-corrected chi connectivity index (χ0v) is 16.0. The molecular formula is C19H19Cl2N3O2. The third-order valence-corrected chi connectivity index (χ3v) is 4.67. The van der Waals surface area contributed by atoms with Gasteiger partial charge in [0.05, 0.1) is 16.3 Å². The summed E-state index contributed by atoms with van der Waals surface area (Å²) in [7, 11) is 0. The number of rotatable bonds is 6. The van der Waals surface area contributed by atoms with Crippen molar-refractivity contribution in [3.05, 3.63) is 63.1 Å². The molecule has 0 saturated carbocycles. The zero-order valence-electron chi connectivity index (χ0n) is 14.5. The van der Waals surface area contributed by atoms with Crippen molar-refractivity contribution in [2.75, 3.05) is 5.32 Å². The van der Waals surface area contributed by atoms with E-state index in [9.17, 15) is 9.59 Å². The highest BCUT2D eigenvalue weighted by Crippen LogP contribution is 2.24. The van der Waals surface area contributed by atoms with E-state index < -0.39 is 0 Å². The molecule has 26 heavy (non-hydrogen) atoms. The predicted molar refractivity (Wildman–Crippen MR) is 106 cm³/mol. The Labute approximate surface area is 162 Å². The SMILES string of the molecule is Cc1cccc(NC(=O)CCC(=O)NN=Cc2cccc(Cl)c2Cl)c1C. The molecule has 0 aliphatic rings. The standard InChI is InChI=1S/C19H19Cl2N3O2/c1-12-5-3-8-16(13(12)2)23-17(25)9-10-18(26)24-22-11-14-6-4-7-15(20)19(14)21/h3-8,11H,9-10H2,1-2H3,(H,23,25)(H,24,26). The van der Waals surface area contributed by atoms with Crippen LogP contribution in [-0.4, -0.2) is 18.0 Å². The average molecular weight is 392 g/mol. The number of halogens is 2. The first-order chi connectivity index (χ1) is 12.4. The number of benzene rings is 2. The lowest BCUT2D eigenvalue weighted by molar-refractivity contribution is -0.124. The molecule has 2 aromatic rings. The van der Waals surface area contributed by atoms with Gasteiger partial charge in [0.15, 0.2) is 0 Å². The van der Waals surface area contributed by atoms with Crippen LogP contribution in [0.15, 0.2) is 41.5 Å². The van der Waals surface area contributed by atoms with Gasteiger partial charge in [0.2, 0.25) is 11.8 Å². The van der Waals surface area contributed by atoms with Crippen LogP contribution in [0.2, 0.25) is 10.0 Å². The fraction of sp³-hybridized carbons (Fsp3) is 0.211. The van der Waals surface area contributed by atoms with E-state index in [2.05, 4.69) is 15.8 Å². The van der Waals surface area contributed by atoms with Crippen molar-refractivity contribution in [1.82, 2.24) is 5.43 Å². The van der Waals surface area contributed by atoms with Crippen LogP contribution < -0.4 is 10.7 Å². The Bertz CT molecular complexity index is 851. The van der Waals surface area contributed by atoms with Gasteiger partial charge in [0.1, 0.15) is 0 Å². The predicted octanol–water partition coefficient (Wildman–Crippen LogP) is 4.48. The summed E-state index contributed by atoms with van der Waals surface area (Å²) in [6.07, 6.45) is 1.49. The van der Waals surface area contributed by atoms with Gasteiger partial charge >= 0.3 is 0 Å². The first kappa shape index (κ1) is 19.9. The van der Waals surface area contributed by atoms with Gasteiger partial charge in [-0.2, -0.15) is 5.10 Å². The molecular weight excluding hydrogens is 373 g/mol. The fourth-order valence-electron chi connectivity index (χ4n) is 2.18. The van der Waals surface area contributed by atoms with Crippen molar-refractivity contribution in [3.63, 3.8) is 0 Å². The maximum atomic E-state index is 12.0. The number of carbonyl (C=O) groups excluding carboxylic acids is 2. The fourth-order valence-corrected chi connectivity index (χ4v) is 2.53. The number of hydrogen-bond acceptors (Lipinski definition) is 3. The largest absolute Gasteiger partial charge is 0.326 e. The summed E-state index contributed by atoms with van der Waals surface area (Å²) < 4.78 is 0. The molecule has 0 heterocycles. The summed E-state index contributed by atoms with van der Waals surface area (Å²) in [6.45, 7) is 3.91. The van der Waals surface area contributed by atoms with Gasteiger partial charge < -0.3 is 5.32 Å². The zero-order chi connectivity index (χ0) is 19.1. The second-order valence-electron chi connectivity index (χ2n) is 5.73. The average Bonchev–Trinajstić information content (AvgIpc) is 2.61. The maximum absolute atomic E-state index is 12.0. The monoisotopic (exact) mass is 391 g/mol. The van der Waals surface area contributed by atoms with E-state index >= 15 is 0 Å². The summed E-state index contributed by atoms with van der Waals surface area (Å²) in [5, 5.41) is 7.41. The Hall–Kier alpha value is -2.37. The van der Waals surface area contributed by atoms with Crippen LogP contribution in [0, 0.1) is 13.8 Å². The quantitative estimate of drug-likeness (QED) is 0.562. The molecule has 2 rings (SSSR count). The molecule has 2 aromatic carbocycles. The normalized spacial score (nSPS) is 10.8. The minimum Gasteiger partial charge on any atom is -0.326 e. The van der Waals surface area contributed by atoms with Gasteiger partial charge in [0.25, 0.3) is 0 Å². The molecule has 0 spiro atoms. The lowest BCUT2D eigenvalue weighted by Gasteiger charge is -2.10. The number of carbonyl (C=O) groups is 2. The Morgan fingerprint density at radius 3 is 2.50 bits per heavy atom. The number of nitrogens with zero attached hydrogens (tertiary/aromatic N) is 1. The van der Waals surface area contributed by atoms with Crippen LogP contribution in [0.5, 0.6) is 0 Å². The Morgan fingerprint density at radius 2 is 1.73 bits per heavy atom. The van der Waals surface area contributed by atoms with Crippen LogP contribution in [0.4, 0.5) is 5.69 Å². The van der Waals surface area contributed by atoms with Crippen molar-refractivity contribution < 1.29 is 9.59 Å². The molecule has 2 amide bonds. The van der Waals surface area contributed by atoms with E-state index in [0.717, 1.165) is 16.8 Å². The highest BCUT2D eigenvalue weighted by molar-refractivity contribution is 6.43. The number of hydrogen-bond donors (Lipinski definition) is 2. The molecule has 0 saturated heterocycles. The van der Waals surface area contributed by atoms with Crippen LogP contribution in [-0.2, 0) is 9.59 Å². The number of nitrogens with one attached hydrogen (secondary N) is 2. The van der Waals surface area contributed by atoms with Crippen molar-refractivity contribution >= 4 is 46.9 Å². The van der Waals surface area contributed by atoms with Gasteiger partial charge in [-0.25, -0.2) is 5.43 Å². The third kappa shape index (κ3) is 5.58. The van der Waals surface area contributed by atoms with Crippen molar-refractivity contribution in [3.8, 4) is 0 Å². The van der Waals surface area contributed by atoms with Crippen LogP contribution in [0.1, 0.15) is 29.5 Å². The Kier molecular flexibility index (Phi) is 7.18. The Balaban J connectivity index is 1.81. The van der Waals surface area contributed by atoms with Gasteiger partial charge in [-0.3, -0.25) is 9.59 Å². The molecule has 0 aliphatic heterocycles. The van der Waals surface area contributed by atoms with E-state index in [4.69, 9.17) is 23.2 Å². The van der Waals surface area contributed by atoms with E-state index in [1.165, 1.54) is 6.21 Å². The second-order valence-corrected chi connectivity index (χ2v) is 6.52. The topological polar surface area (TPSA) is 70.6 Å². The van der Waals surface area contributed by atoms with E-state index in [1.807, 2.05) is 32.0 Å². The van der Waals surface area contributed by atoms with E-state index in [-0.39, 0.29) is 24.7 Å². The van der Waals surface area contributed by atoms with Gasteiger partial charge in [-0.1, -0.05) is 47.5 Å². The van der Waals surface area contributed by atoms with E-state index in [1.54, 1.807) is 18.2 Å². The molecule has 7 heteroatoms. The summed E-state index contributed by atoms with van der Waals surface area (Å²) in [5.74, 6) is -0.591. The lowest BCUT2D eigenvalue weighted by Crippen LogP contribution is -2.21. The first-order valence-electron chi connectivity index (χ1n) is 8.00. The minimum absolute atomic E-state index is 0.0251. The van der Waals surface area contributed by atoms with Gasteiger partial charge in [-0.15, -0.1) is 0 Å². The molecule has 5 nitrogen and oxygen atoms in total. The van der Waals surface area contributed by atoms with Crippen molar-refractivity contribution in [1.29, 1.82) is 0 Å². The molecule has 0 radical (unpaired) electrons. The van der Waals surface area contributed by atoms with Crippen molar-refractivity contribution in [2.24, 2.45) is 5.10 Å². The third-order valence-electron chi connectivity index (χ3n) is 3.83. The summed E-state index contributed by atoms with van der Waals surface area (Å²) in [6, 6.07) is 10.8. The summed E-state index contributed by atoms with van der Waals surface area (Å²) in [5.41, 5.74) is 5.81. The second kappa shape index (κ2) is 9.36. The number of anilines is 1. The first-order valence-corrected chi connectivity index (χ1v) is 8.76. The summed E-state index contributed by atoms with van der Waals surface area (Å²) >= 11 is 11.9. The molecule has 0 aromatic heterocycles. The Morgan fingerprint density at radius 1 is 1.04 bits per heavy atom. The van der Waals surface area contributed by atoms with E-state index in [0.29, 0.717) is 15.6 Å². The van der Waals surface area contributed by atoms with Gasteiger partial charge in [0, 0.05) is 24.1 Å². The molecule has 0 fully saturated rings. The molecule has 0 aliphatic carbocycles. The van der Waals surface area contributed by atoms with Gasteiger partial charge in [-0.05, 0) is 37.1 Å². The lowest BCUT2D eigenvalue weighted by atomic mass is 10.1. The van der Waals surface area contributed by atoms with Crippen LogP contribution in [0.25, 0.3) is 0 Å². The molecule has 136 valence electrons. The molecule has 0 bridgehead atoms. The van der Waals surface area contributed by atoms with Crippen LogP contribution >= 0.6 is 23.2 Å². The highest BCUT2D eigenvalue weighted by Gasteiger charge is 2.09. The number of amides is 2. The molecule has 2 N–H and O–H groups in total. The summed E-state index contributed by atoms with van der Waals surface area (Å²) in [4.78, 5) is 23.8. The van der Waals surface area contributed by atoms with Crippen LogP contribution in [0.3, 0.4) is 0 Å². The minimum atomic E-state index is -0.365. The molecule has 0 atom stereocenters. The maximum Gasteiger partial charge on any atom is 0.240 e. The number of aryl methyl sites for hydroxylation is 1. The highest BCUT2D eigenvalue weighted by atomic mass is 35.5. The van der Waals surface area contributed by atoms with Crippen molar-refractivity contribution in [2.45, 2.75) is 26.7 Å². The smallest absolute Gasteiger partial charge is 0.240 e.